The third kappa shape index (κ3) is 1.54. The fraction of sp³-hybridized carbons (Fsp3) is 0.500. The lowest BCUT2D eigenvalue weighted by Gasteiger charge is -2.02. The molecule has 2 nitrogen and oxygen atoms in total. The van der Waals surface area contributed by atoms with Gasteiger partial charge in [0.05, 0.1) is 11.0 Å². The van der Waals surface area contributed by atoms with Gasteiger partial charge in [-0.2, -0.15) is 0 Å². The zero-order chi connectivity index (χ0) is 7.68. The van der Waals surface area contributed by atoms with E-state index < -0.39 is 0 Å². The van der Waals surface area contributed by atoms with Crippen LogP contribution in [0.4, 0.5) is 0 Å². The summed E-state index contributed by atoms with van der Waals surface area (Å²) in [4.78, 5) is 1.16. The van der Waals surface area contributed by atoms with Crippen molar-refractivity contribution in [3.63, 3.8) is 0 Å². The lowest BCUT2D eigenvalue weighted by molar-refractivity contribution is 0.302. The molecule has 0 amide bonds. The van der Waals surface area contributed by atoms with Gasteiger partial charge < -0.3 is 10.5 Å². The van der Waals surface area contributed by atoms with Gasteiger partial charge in [-0.1, -0.05) is 0 Å². The maximum Gasteiger partial charge on any atom is 0.134 e. The van der Waals surface area contributed by atoms with E-state index in [4.69, 9.17) is 10.5 Å². The van der Waals surface area contributed by atoms with Crippen molar-refractivity contribution >= 4 is 11.3 Å². The molecule has 0 spiro atoms. The lowest BCUT2D eigenvalue weighted by Crippen LogP contribution is -2.00. The van der Waals surface area contributed by atoms with Crippen LogP contribution < -0.4 is 10.5 Å². The van der Waals surface area contributed by atoms with Crippen LogP contribution in [0.15, 0.2) is 11.4 Å². The largest absolute Gasteiger partial charge is 0.489 e. The Morgan fingerprint density at radius 1 is 1.64 bits per heavy atom. The molecule has 0 unspecified atom stereocenters. The first-order valence-electron chi connectivity index (χ1n) is 3.83. The summed E-state index contributed by atoms with van der Waals surface area (Å²) in [5, 5.41) is 2.03. The SMILES string of the molecule is NCc1sccc1OC1CC1. The number of hydrogen-bond donors (Lipinski definition) is 1. The minimum atomic E-state index is 0.481. The number of nitrogens with two attached hydrogens (primary N) is 1. The molecule has 2 N–H and O–H groups in total. The highest BCUT2D eigenvalue weighted by Crippen LogP contribution is 2.31. The van der Waals surface area contributed by atoms with Crippen LogP contribution in [0.2, 0.25) is 0 Å². The highest BCUT2D eigenvalue weighted by Gasteiger charge is 2.24. The average molecular weight is 169 g/mol. The Bertz CT molecular complexity index is 242. The van der Waals surface area contributed by atoms with Crippen molar-refractivity contribution in [2.75, 3.05) is 0 Å². The van der Waals surface area contributed by atoms with Crippen molar-refractivity contribution < 1.29 is 4.74 Å². The monoisotopic (exact) mass is 169 g/mol. The average Bonchev–Trinajstić information content (AvgIpc) is 2.68. The van der Waals surface area contributed by atoms with E-state index in [2.05, 4.69) is 0 Å². The van der Waals surface area contributed by atoms with E-state index in [0.717, 1.165) is 10.6 Å². The molecule has 0 saturated heterocycles. The summed E-state index contributed by atoms with van der Waals surface area (Å²) in [7, 11) is 0. The lowest BCUT2D eigenvalue weighted by atomic mass is 10.4. The summed E-state index contributed by atoms with van der Waals surface area (Å²) in [6, 6.07) is 2.01. The molecular weight excluding hydrogens is 158 g/mol. The number of hydrogen-bond acceptors (Lipinski definition) is 3. The van der Waals surface area contributed by atoms with Crippen molar-refractivity contribution in [3.05, 3.63) is 16.3 Å². The second-order valence-corrected chi connectivity index (χ2v) is 3.73. The normalized spacial score (nSPS) is 16.8. The van der Waals surface area contributed by atoms with Gasteiger partial charge in [0.25, 0.3) is 0 Å². The molecule has 0 atom stereocenters. The summed E-state index contributed by atoms with van der Waals surface area (Å²) in [5.41, 5.74) is 5.52. The molecule has 1 aliphatic carbocycles. The summed E-state index contributed by atoms with van der Waals surface area (Å²) >= 11 is 1.67. The van der Waals surface area contributed by atoms with Crippen LogP contribution in [-0.2, 0) is 6.54 Å². The Labute approximate surface area is 70.0 Å². The Morgan fingerprint density at radius 3 is 3.09 bits per heavy atom. The van der Waals surface area contributed by atoms with E-state index in [9.17, 15) is 0 Å². The highest BCUT2D eigenvalue weighted by atomic mass is 32.1. The van der Waals surface area contributed by atoms with Gasteiger partial charge in [-0.05, 0) is 24.3 Å². The predicted octanol–water partition coefficient (Wildman–Crippen LogP) is 1.75. The second kappa shape index (κ2) is 2.83. The predicted molar refractivity (Wildman–Crippen MR) is 45.9 cm³/mol. The highest BCUT2D eigenvalue weighted by molar-refractivity contribution is 7.10. The van der Waals surface area contributed by atoms with Crippen LogP contribution in [0.3, 0.4) is 0 Å². The molecule has 11 heavy (non-hydrogen) atoms. The zero-order valence-corrected chi connectivity index (χ0v) is 7.06. The minimum absolute atomic E-state index is 0.481. The minimum Gasteiger partial charge on any atom is -0.489 e. The summed E-state index contributed by atoms with van der Waals surface area (Å²) in [6.45, 7) is 0.597. The molecule has 0 radical (unpaired) electrons. The van der Waals surface area contributed by atoms with Crippen molar-refractivity contribution in [2.24, 2.45) is 5.73 Å². The quantitative estimate of drug-likeness (QED) is 0.748. The van der Waals surface area contributed by atoms with Crippen LogP contribution in [0, 0.1) is 0 Å². The summed E-state index contributed by atoms with van der Waals surface area (Å²) < 4.78 is 5.62. The maximum absolute atomic E-state index is 5.62. The van der Waals surface area contributed by atoms with Crippen LogP contribution in [0.5, 0.6) is 5.75 Å². The number of ether oxygens (including phenoxy) is 1. The third-order valence-electron chi connectivity index (χ3n) is 1.71. The zero-order valence-electron chi connectivity index (χ0n) is 6.25. The fourth-order valence-electron chi connectivity index (χ4n) is 0.948. The van der Waals surface area contributed by atoms with Crippen LogP contribution >= 0.6 is 11.3 Å². The first-order valence-corrected chi connectivity index (χ1v) is 4.71. The molecule has 1 aromatic rings. The third-order valence-corrected chi connectivity index (χ3v) is 2.63. The number of thiophene rings is 1. The Balaban J connectivity index is 2.07. The Hall–Kier alpha value is -0.540. The topological polar surface area (TPSA) is 35.2 Å². The van der Waals surface area contributed by atoms with Gasteiger partial charge in [-0.15, -0.1) is 11.3 Å². The van der Waals surface area contributed by atoms with Crippen molar-refractivity contribution in [2.45, 2.75) is 25.5 Å². The molecule has 1 aromatic heterocycles. The van der Waals surface area contributed by atoms with Gasteiger partial charge in [-0.25, -0.2) is 0 Å². The Morgan fingerprint density at radius 2 is 2.45 bits per heavy atom. The van der Waals surface area contributed by atoms with Crippen molar-refractivity contribution in [1.29, 1.82) is 0 Å². The van der Waals surface area contributed by atoms with E-state index in [1.165, 1.54) is 12.8 Å². The van der Waals surface area contributed by atoms with Crippen LogP contribution in [0.25, 0.3) is 0 Å². The Kier molecular flexibility index (Phi) is 1.84. The molecule has 0 aliphatic heterocycles. The van der Waals surface area contributed by atoms with E-state index in [0.29, 0.717) is 12.6 Å². The molecule has 0 aromatic carbocycles. The van der Waals surface area contributed by atoms with Gasteiger partial charge in [0, 0.05) is 6.54 Å². The maximum atomic E-state index is 5.62. The molecule has 1 aliphatic rings. The van der Waals surface area contributed by atoms with E-state index >= 15 is 0 Å². The molecule has 1 fully saturated rings. The standard InChI is InChI=1S/C8H11NOS/c9-5-8-7(3-4-11-8)10-6-1-2-6/h3-4,6H,1-2,5,9H2. The molecule has 1 saturated carbocycles. The molecule has 1 heterocycles. The number of rotatable bonds is 3. The summed E-state index contributed by atoms with van der Waals surface area (Å²) in [5.74, 6) is 1.00. The first-order chi connectivity index (χ1) is 5.40. The van der Waals surface area contributed by atoms with Crippen molar-refractivity contribution in [1.82, 2.24) is 0 Å². The van der Waals surface area contributed by atoms with Gasteiger partial charge in [0.2, 0.25) is 0 Å². The molecule has 0 bridgehead atoms. The van der Waals surface area contributed by atoms with Gasteiger partial charge >= 0.3 is 0 Å². The second-order valence-electron chi connectivity index (χ2n) is 2.73. The van der Waals surface area contributed by atoms with Gasteiger partial charge in [-0.3, -0.25) is 0 Å². The van der Waals surface area contributed by atoms with E-state index in [-0.39, 0.29) is 0 Å². The van der Waals surface area contributed by atoms with E-state index in [1.807, 2.05) is 11.4 Å². The molecule has 2 rings (SSSR count). The molecular formula is C8H11NOS. The smallest absolute Gasteiger partial charge is 0.134 e. The van der Waals surface area contributed by atoms with Crippen molar-refractivity contribution in [3.8, 4) is 5.75 Å². The van der Waals surface area contributed by atoms with Crippen LogP contribution in [-0.4, -0.2) is 6.10 Å². The fourth-order valence-corrected chi connectivity index (χ4v) is 1.63. The van der Waals surface area contributed by atoms with Crippen LogP contribution in [0.1, 0.15) is 17.7 Å². The molecule has 60 valence electrons. The van der Waals surface area contributed by atoms with E-state index in [1.54, 1.807) is 11.3 Å². The first kappa shape index (κ1) is 7.13. The van der Waals surface area contributed by atoms with Gasteiger partial charge in [0.1, 0.15) is 5.75 Å². The van der Waals surface area contributed by atoms with Gasteiger partial charge in [0.15, 0.2) is 0 Å². The molecule has 3 heteroatoms. The summed E-state index contributed by atoms with van der Waals surface area (Å²) in [6.07, 6.45) is 2.90.